The molecule has 1 unspecified atom stereocenters. The highest BCUT2D eigenvalue weighted by Gasteiger charge is 2.33. The number of rotatable bonds is 3. The van der Waals surface area contributed by atoms with Crippen molar-refractivity contribution >= 4 is 29.2 Å². The van der Waals surface area contributed by atoms with Crippen molar-refractivity contribution in [3.63, 3.8) is 0 Å². The molecule has 1 aliphatic heterocycles. The minimum Gasteiger partial charge on any atom is -0.370 e. The van der Waals surface area contributed by atoms with Gasteiger partial charge in [-0.1, -0.05) is 0 Å². The molecule has 8 heteroatoms. The van der Waals surface area contributed by atoms with Gasteiger partial charge in [0.2, 0.25) is 5.28 Å². The molecule has 1 N–H and O–H groups in total. The average molecular weight is 298 g/mol. The molecule has 1 aromatic rings. The van der Waals surface area contributed by atoms with Crippen LogP contribution in [-0.2, 0) is 6.18 Å². The van der Waals surface area contributed by atoms with E-state index in [1.54, 1.807) is 0 Å². The Kier molecular flexibility index (Phi) is 4.21. The van der Waals surface area contributed by atoms with Crippen molar-refractivity contribution in [2.75, 3.05) is 23.4 Å². The Hall–Kier alpha value is -0.690. The maximum Gasteiger partial charge on any atom is 0.433 e. The van der Waals surface area contributed by atoms with Gasteiger partial charge in [-0.3, -0.25) is 0 Å². The Labute approximate surface area is 112 Å². The van der Waals surface area contributed by atoms with E-state index in [0.717, 1.165) is 24.0 Å². The highest BCUT2D eigenvalue weighted by molar-refractivity contribution is 7.99. The number of hydrogen-bond donors (Lipinski definition) is 1. The summed E-state index contributed by atoms with van der Waals surface area (Å²) in [4.78, 5) is 6.91. The van der Waals surface area contributed by atoms with Crippen LogP contribution in [0.3, 0.4) is 0 Å². The number of alkyl halides is 3. The van der Waals surface area contributed by atoms with Crippen LogP contribution >= 0.6 is 23.4 Å². The number of nitrogens with one attached hydrogen (secondary N) is 1. The molecular formula is C10H11ClF3N3S. The van der Waals surface area contributed by atoms with Gasteiger partial charge in [-0.25, -0.2) is 9.97 Å². The second kappa shape index (κ2) is 5.52. The summed E-state index contributed by atoms with van der Waals surface area (Å²) in [5.41, 5.74) is -1.02. The highest BCUT2D eigenvalue weighted by Crippen LogP contribution is 2.30. The Bertz CT molecular complexity index is 421. The standard InChI is InChI=1S/C10H11ClF3N3S/c11-9-16-7(10(12,13)14)3-8(17-9)15-4-6-1-2-18-5-6/h3,6H,1-2,4-5H2,(H,15,16,17). The van der Waals surface area contributed by atoms with Crippen LogP contribution in [0.5, 0.6) is 0 Å². The van der Waals surface area contributed by atoms with Crippen LogP contribution in [0.2, 0.25) is 5.28 Å². The molecule has 0 bridgehead atoms. The van der Waals surface area contributed by atoms with Gasteiger partial charge in [-0.05, 0) is 35.4 Å². The van der Waals surface area contributed by atoms with Crippen LogP contribution in [0.15, 0.2) is 6.07 Å². The first kappa shape index (κ1) is 13.7. The van der Waals surface area contributed by atoms with E-state index in [9.17, 15) is 13.2 Å². The quantitative estimate of drug-likeness (QED) is 0.869. The van der Waals surface area contributed by atoms with E-state index in [-0.39, 0.29) is 5.82 Å². The van der Waals surface area contributed by atoms with Gasteiger partial charge in [0.1, 0.15) is 5.82 Å². The Morgan fingerprint density at radius 1 is 1.44 bits per heavy atom. The van der Waals surface area contributed by atoms with E-state index in [2.05, 4.69) is 15.3 Å². The van der Waals surface area contributed by atoms with Crippen LogP contribution < -0.4 is 5.32 Å². The molecule has 18 heavy (non-hydrogen) atoms. The molecule has 1 saturated heterocycles. The molecule has 1 aromatic heterocycles. The lowest BCUT2D eigenvalue weighted by atomic mass is 10.1. The molecule has 1 fully saturated rings. The molecule has 0 radical (unpaired) electrons. The van der Waals surface area contributed by atoms with Gasteiger partial charge in [-0.2, -0.15) is 24.9 Å². The number of halogens is 4. The smallest absolute Gasteiger partial charge is 0.370 e. The van der Waals surface area contributed by atoms with Crippen molar-refractivity contribution in [3.05, 3.63) is 17.0 Å². The molecular weight excluding hydrogens is 287 g/mol. The third-order valence-corrected chi connectivity index (χ3v) is 3.99. The van der Waals surface area contributed by atoms with Crippen molar-refractivity contribution < 1.29 is 13.2 Å². The van der Waals surface area contributed by atoms with Gasteiger partial charge in [0.05, 0.1) is 0 Å². The summed E-state index contributed by atoms with van der Waals surface area (Å²) in [7, 11) is 0. The van der Waals surface area contributed by atoms with Crippen molar-refractivity contribution in [2.45, 2.75) is 12.6 Å². The second-order valence-electron chi connectivity index (χ2n) is 4.02. The van der Waals surface area contributed by atoms with E-state index < -0.39 is 17.2 Å². The molecule has 1 aliphatic rings. The zero-order chi connectivity index (χ0) is 13.2. The number of hydrogen-bond acceptors (Lipinski definition) is 4. The average Bonchev–Trinajstić information content (AvgIpc) is 2.77. The zero-order valence-electron chi connectivity index (χ0n) is 9.30. The summed E-state index contributed by atoms with van der Waals surface area (Å²) in [6.07, 6.45) is -3.44. The fraction of sp³-hybridized carbons (Fsp3) is 0.600. The largest absolute Gasteiger partial charge is 0.433 e. The van der Waals surface area contributed by atoms with E-state index in [0.29, 0.717) is 12.5 Å². The fourth-order valence-electron chi connectivity index (χ4n) is 1.65. The van der Waals surface area contributed by atoms with Crippen molar-refractivity contribution in [2.24, 2.45) is 5.92 Å². The lowest BCUT2D eigenvalue weighted by molar-refractivity contribution is -0.141. The van der Waals surface area contributed by atoms with Gasteiger partial charge >= 0.3 is 6.18 Å². The minimum atomic E-state index is -4.51. The Morgan fingerprint density at radius 2 is 2.22 bits per heavy atom. The van der Waals surface area contributed by atoms with E-state index in [4.69, 9.17) is 11.6 Å². The van der Waals surface area contributed by atoms with Crippen molar-refractivity contribution in [3.8, 4) is 0 Å². The SMILES string of the molecule is FC(F)(F)c1cc(NCC2CCSC2)nc(Cl)n1. The van der Waals surface area contributed by atoms with Crippen LogP contribution in [-0.4, -0.2) is 28.0 Å². The second-order valence-corrected chi connectivity index (χ2v) is 5.50. The molecule has 1 atom stereocenters. The summed E-state index contributed by atoms with van der Waals surface area (Å²) >= 11 is 7.33. The molecule has 0 saturated carbocycles. The van der Waals surface area contributed by atoms with Gasteiger partial charge in [0.25, 0.3) is 0 Å². The van der Waals surface area contributed by atoms with E-state index in [1.807, 2.05) is 11.8 Å². The molecule has 100 valence electrons. The Morgan fingerprint density at radius 3 is 2.83 bits per heavy atom. The molecule has 3 nitrogen and oxygen atoms in total. The molecule has 0 aliphatic carbocycles. The minimum absolute atomic E-state index is 0.124. The summed E-state index contributed by atoms with van der Waals surface area (Å²) < 4.78 is 37.5. The summed E-state index contributed by atoms with van der Waals surface area (Å²) in [5.74, 6) is 2.72. The van der Waals surface area contributed by atoms with Crippen molar-refractivity contribution in [1.82, 2.24) is 9.97 Å². The molecule has 0 spiro atoms. The predicted octanol–water partition coefficient (Wildman–Crippen LogP) is 3.31. The number of anilines is 1. The topological polar surface area (TPSA) is 37.8 Å². The van der Waals surface area contributed by atoms with E-state index in [1.165, 1.54) is 0 Å². The number of thioether (sulfide) groups is 1. The maximum atomic E-state index is 12.5. The molecule has 0 amide bonds. The van der Waals surface area contributed by atoms with Gasteiger partial charge in [0, 0.05) is 12.6 Å². The summed E-state index contributed by atoms with van der Waals surface area (Å²) in [5, 5.41) is 2.50. The molecule has 0 aromatic carbocycles. The zero-order valence-corrected chi connectivity index (χ0v) is 10.9. The summed E-state index contributed by atoms with van der Waals surface area (Å²) in [6.45, 7) is 0.609. The first-order chi connectivity index (χ1) is 8.45. The Balaban J connectivity index is 2.05. The first-order valence-corrected chi connectivity index (χ1v) is 6.92. The molecule has 2 rings (SSSR count). The van der Waals surface area contributed by atoms with Gasteiger partial charge in [-0.15, -0.1) is 0 Å². The lowest BCUT2D eigenvalue weighted by Gasteiger charge is -2.12. The summed E-state index contributed by atoms with van der Waals surface area (Å²) in [6, 6.07) is 0.883. The van der Waals surface area contributed by atoms with Crippen LogP contribution in [0, 0.1) is 5.92 Å². The fourth-order valence-corrected chi connectivity index (χ4v) is 3.11. The van der Waals surface area contributed by atoms with Gasteiger partial charge in [0.15, 0.2) is 5.69 Å². The van der Waals surface area contributed by atoms with Crippen molar-refractivity contribution in [1.29, 1.82) is 0 Å². The number of aromatic nitrogens is 2. The van der Waals surface area contributed by atoms with E-state index >= 15 is 0 Å². The molecule has 2 heterocycles. The van der Waals surface area contributed by atoms with Crippen LogP contribution in [0.25, 0.3) is 0 Å². The normalized spacial score (nSPS) is 20.1. The van der Waals surface area contributed by atoms with Crippen LogP contribution in [0.4, 0.5) is 19.0 Å². The third kappa shape index (κ3) is 3.65. The van der Waals surface area contributed by atoms with Crippen LogP contribution in [0.1, 0.15) is 12.1 Å². The monoisotopic (exact) mass is 297 g/mol. The lowest BCUT2D eigenvalue weighted by Crippen LogP contribution is -2.16. The van der Waals surface area contributed by atoms with Gasteiger partial charge < -0.3 is 5.32 Å². The number of nitrogens with zero attached hydrogens (tertiary/aromatic N) is 2. The predicted molar refractivity (Wildman–Crippen MR) is 66.0 cm³/mol. The highest BCUT2D eigenvalue weighted by atomic mass is 35.5. The first-order valence-electron chi connectivity index (χ1n) is 5.38. The maximum absolute atomic E-state index is 12.5. The third-order valence-electron chi connectivity index (χ3n) is 2.59.